The molecule has 0 aliphatic rings. The summed E-state index contributed by atoms with van der Waals surface area (Å²) in [6.45, 7) is 33.5. The van der Waals surface area contributed by atoms with Crippen molar-refractivity contribution < 1.29 is 19.6 Å². The van der Waals surface area contributed by atoms with Crippen LogP contribution in [0.25, 0.3) is 43.2 Å². The van der Waals surface area contributed by atoms with Gasteiger partial charge in [0.2, 0.25) is 11.8 Å². The Morgan fingerprint density at radius 1 is 0.531 bits per heavy atom. The third-order valence-electron chi connectivity index (χ3n) is 12.5. The van der Waals surface area contributed by atoms with E-state index in [1.165, 1.54) is 44.6 Å². The van der Waals surface area contributed by atoms with Crippen molar-refractivity contribution in [1.82, 2.24) is 74.7 Å². The van der Waals surface area contributed by atoms with E-state index in [1.807, 2.05) is 197 Å². The van der Waals surface area contributed by atoms with Gasteiger partial charge in [0.05, 0.1) is 42.3 Å². The number of benzene rings is 5. The van der Waals surface area contributed by atoms with Crippen molar-refractivity contribution in [2.24, 2.45) is 7.05 Å². The highest BCUT2D eigenvalue weighted by Crippen LogP contribution is 2.21. The number of ether oxygens (including phenoxy) is 1. The van der Waals surface area contributed by atoms with Crippen LogP contribution in [0.5, 0.6) is 5.75 Å². The molecule has 0 amide bonds. The number of halogens is 1. The Morgan fingerprint density at radius 3 is 1.58 bits per heavy atom. The molecule has 0 saturated heterocycles. The Hall–Kier alpha value is -10.4. The molecule has 3 N–H and O–H groups in total. The summed E-state index contributed by atoms with van der Waals surface area (Å²) < 4.78 is 30.9. The third-order valence-corrected chi connectivity index (χ3v) is 14.2. The standard InChI is InChI=1S/C11H16O.C9H9N.C8H7FN2.C8H8N2.C8H7NS.C6H10N2O.2C6H7N.C5H8N2.C4H6N2O.C4H5NS.H2/c1-9-5-7-10(8-6-9)12-11(2,3)4;1-7-6-8-4-2-3-5-9(8)10-7;1-5-10-7-3-2-6(9)4-8(7)11-5;2*1-6-9-7-4-2-3-5-8(7)10-6;1-4(2)6-7-5(3)9-8-6;1-6-2-4-7-5-3-6;1-6-4-2-3-5-7-6;1-5-6-3-4-7(5)2;1-3-5-4(2)7-6-3;1-4-5-2-3-6-4;/h5-8H,1-4H3;2-6,10H,1H3;2-4H,1H3,(H,10,11);2-5H,1H3,(H,9,10);2-5H,1H3;4H,1-3H3;2*2-5H,1H3;3-4H,1-2H3;1-2H3;2-3H,1H3;1H. The minimum absolute atomic E-state index is 0. The number of aromatic nitrogens is 15. The van der Waals surface area contributed by atoms with Gasteiger partial charge in [-0.3, -0.25) is 15.0 Å². The SMILES string of the molecule is Cc1cc2ccccc2[nH]1.Cc1ccc(OC(C)(C)C)cc1.Cc1ccccn1.Cc1ccncc1.Cc1nc(C(C)C)no1.Cc1nc2ccc(F)cc2[nH]1.Cc1nc2ccccc2[nH]1.Cc1nc2ccccc2s1.Cc1nccn1C.Cc1nccs1.Cc1noc(C)n1.[HH]. The molecule has 0 saturated carbocycles. The number of aryl methyl sites for hydroxylation is 13. The number of imidazole rings is 3. The quantitative estimate of drug-likeness (QED) is 0.146. The Labute approximate surface area is 572 Å². The van der Waals surface area contributed by atoms with Crippen LogP contribution in [0.4, 0.5) is 4.39 Å². The van der Waals surface area contributed by atoms with E-state index in [9.17, 15) is 4.39 Å². The third kappa shape index (κ3) is 30.1. The summed E-state index contributed by atoms with van der Waals surface area (Å²) in [4.78, 5) is 45.7. The van der Waals surface area contributed by atoms with Crippen molar-refractivity contribution in [3.05, 3.63) is 273 Å². The molecule has 0 fully saturated rings. The summed E-state index contributed by atoms with van der Waals surface area (Å²) in [5, 5.41) is 12.8. The highest BCUT2D eigenvalue weighted by molar-refractivity contribution is 7.18. The number of nitrogens with zero attached hydrogens (tertiary/aromatic N) is 12. The van der Waals surface area contributed by atoms with Crippen LogP contribution in [-0.4, -0.2) is 80.3 Å². The van der Waals surface area contributed by atoms with Crippen LogP contribution in [0.15, 0.2) is 203 Å². The fraction of sp³-hybridized carbons (Fsp3) is 0.267. The number of para-hydroxylation sites is 4. The minimum atomic E-state index is -0.235. The topological polar surface area (TPSA) is 230 Å². The number of aromatic amines is 3. The van der Waals surface area contributed by atoms with Crippen molar-refractivity contribution in [3.63, 3.8) is 0 Å². The molecule has 15 aromatic rings. The molecule has 96 heavy (non-hydrogen) atoms. The Balaban J connectivity index is 0.000000228. The first-order valence-electron chi connectivity index (χ1n) is 31.1. The molecule has 10 aromatic heterocycles. The zero-order chi connectivity index (χ0) is 70.0. The summed E-state index contributed by atoms with van der Waals surface area (Å²) in [6.07, 6.45) is 10.9. The normalized spacial score (nSPS) is 10.1. The molecule has 0 aliphatic carbocycles. The number of thiazole rings is 2. The minimum Gasteiger partial charge on any atom is -0.488 e. The monoisotopic (exact) mass is 1330 g/mol. The number of pyridine rings is 2. The van der Waals surface area contributed by atoms with Gasteiger partial charge in [0.1, 0.15) is 34.6 Å². The van der Waals surface area contributed by atoms with E-state index in [0.29, 0.717) is 23.5 Å². The van der Waals surface area contributed by atoms with Gasteiger partial charge in [0, 0.05) is 87.7 Å². The average molecular weight is 1330 g/mol. The second-order valence-electron chi connectivity index (χ2n) is 22.9. The van der Waals surface area contributed by atoms with Gasteiger partial charge in [-0.05, 0) is 192 Å². The van der Waals surface area contributed by atoms with E-state index in [1.54, 1.807) is 80.5 Å². The lowest BCUT2D eigenvalue weighted by molar-refractivity contribution is 0.131. The number of hydrogen-bond donors (Lipinski definition) is 3. The molecule has 0 atom stereocenters. The van der Waals surface area contributed by atoms with E-state index < -0.39 is 0 Å². The molecule has 21 heteroatoms. The van der Waals surface area contributed by atoms with Crippen molar-refractivity contribution in [2.75, 3.05) is 0 Å². The van der Waals surface area contributed by atoms with Crippen molar-refractivity contribution in [1.29, 1.82) is 0 Å². The number of hydrogen-bond acceptors (Lipinski definition) is 16. The van der Waals surface area contributed by atoms with Gasteiger partial charge in [-0.2, -0.15) is 9.97 Å². The van der Waals surface area contributed by atoms with Crippen LogP contribution in [0.1, 0.15) is 115 Å². The molecule has 10 heterocycles. The fourth-order valence-corrected chi connectivity index (χ4v) is 9.18. The van der Waals surface area contributed by atoms with Crippen LogP contribution < -0.4 is 4.74 Å². The largest absolute Gasteiger partial charge is 0.488 e. The Bertz CT molecular complexity index is 4210. The molecule has 504 valence electrons. The molecule has 0 radical (unpaired) electrons. The maximum Gasteiger partial charge on any atom is 0.223 e. The Kier molecular flexibility index (Phi) is 31.8. The summed E-state index contributed by atoms with van der Waals surface area (Å²) in [5.74, 6) is 6.64. The molecular formula is C75H92FN15O3S2. The van der Waals surface area contributed by atoms with Gasteiger partial charge in [-0.25, -0.2) is 24.3 Å². The fourth-order valence-electron chi connectivity index (χ4n) is 7.92. The second kappa shape index (κ2) is 40.0. The summed E-state index contributed by atoms with van der Waals surface area (Å²) in [6, 6.07) is 49.1. The number of H-pyrrole nitrogens is 3. The van der Waals surface area contributed by atoms with Crippen LogP contribution >= 0.6 is 22.7 Å². The van der Waals surface area contributed by atoms with Crippen LogP contribution in [0, 0.1) is 88.9 Å². The van der Waals surface area contributed by atoms with Crippen LogP contribution in [-0.2, 0) is 7.05 Å². The molecule has 15 rings (SSSR count). The maximum absolute atomic E-state index is 12.6. The van der Waals surface area contributed by atoms with E-state index in [0.717, 1.165) is 72.3 Å². The van der Waals surface area contributed by atoms with Gasteiger partial charge in [-0.1, -0.05) is 90.4 Å². The molecular weight excluding hydrogens is 1240 g/mol. The number of fused-ring (bicyclic) bond motifs is 4. The van der Waals surface area contributed by atoms with Gasteiger partial charge in [0.15, 0.2) is 11.6 Å². The van der Waals surface area contributed by atoms with Crippen molar-refractivity contribution >= 4 is 65.9 Å². The first-order valence-corrected chi connectivity index (χ1v) is 32.8. The predicted octanol–water partition coefficient (Wildman–Crippen LogP) is 19.5. The summed E-state index contributed by atoms with van der Waals surface area (Å²) >= 11 is 3.41. The molecule has 5 aromatic carbocycles. The van der Waals surface area contributed by atoms with Crippen LogP contribution in [0.2, 0.25) is 0 Å². The highest BCUT2D eigenvalue weighted by atomic mass is 32.1. The van der Waals surface area contributed by atoms with Gasteiger partial charge >= 0.3 is 0 Å². The van der Waals surface area contributed by atoms with Crippen LogP contribution in [0.3, 0.4) is 0 Å². The lowest BCUT2D eigenvalue weighted by Gasteiger charge is -2.21. The van der Waals surface area contributed by atoms with Gasteiger partial charge < -0.3 is 33.3 Å². The van der Waals surface area contributed by atoms with Crippen molar-refractivity contribution in [3.8, 4) is 5.75 Å². The molecule has 0 unspecified atom stereocenters. The first kappa shape index (κ1) is 76.3. The summed E-state index contributed by atoms with van der Waals surface area (Å²) in [5.41, 5.74) is 10.8. The van der Waals surface area contributed by atoms with Gasteiger partial charge in [-0.15, -0.1) is 22.7 Å². The van der Waals surface area contributed by atoms with Crippen molar-refractivity contribution in [2.45, 2.75) is 129 Å². The molecule has 18 nitrogen and oxygen atoms in total. The van der Waals surface area contributed by atoms with E-state index in [-0.39, 0.29) is 12.8 Å². The maximum atomic E-state index is 12.6. The second-order valence-corrected chi connectivity index (χ2v) is 25.2. The van der Waals surface area contributed by atoms with Gasteiger partial charge in [0.25, 0.3) is 0 Å². The number of rotatable bonds is 2. The zero-order valence-electron chi connectivity index (χ0n) is 58.3. The van der Waals surface area contributed by atoms with E-state index >= 15 is 0 Å². The molecule has 0 aliphatic heterocycles. The predicted molar refractivity (Wildman–Crippen MR) is 392 cm³/mol. The molecule has 0 spiro atoms. The van der Waals surface area contributed by atoms with E-state index in [2.05, 4.69) is 131 Å². The van der Waals surface area contributed by atoms with E-state index in [4.69, 9.17) is 9.26 Å². The zero-order valence-corrected chi connectivity index (χ0v) is 60.0. The number of nitrogens with one attached hydrogen (secondary N) is 3. The Morgan fingerprint density at radius 2 is 1.14 bits per heavy atom. The average Bonchev–Trinajstić information content (AvgIpc) is 1.88. The first-order chi connectivity index (χ1) is 45.8. The molecule has 0 bridgehead atoms. The lowest BCUT2D eigenvalue weighted by atomic mass is 10.2. The highest BCUT2D eigenvalue weighted by Gasteiger charge is 2.11. The smallest absolute Gasteiger partial charge is 0.223 e. The summed E-state index contributed by atoms with van der Waals surface area (Å²) in [7, 11) is 1.97. The lowest BCUT2D eigenvalue weighted by Crippen LogP contribution is -2.22.